The van der Waals surface area contributed by atoms with Gasteiger partial charge in [-0.3, -0.25) is 0 Å². The third-order valence-electron chi connectivity index (χ3n) is 5.23. The molecule has 0 aliphatic heterocycles. The molecule has 0 aromatic heterocycles. The van der Waals surface area contributed by atoms with Gasteiger partial charge in [0.25, 0.3) is 0 Å². The summed E-state index contributed by atoms with van der Waals surface area (Å²) in [6.07, 6.45) is 8.13. The maximum absolute atomic E-state index is 2.68. The molecular weight excluding hydrogens is 275 g/mol. The topological polar surface area (TPSA) is 0 Å². The molecular formula is C13H24Sn. The third kappa shape index (κ3) is 1.47. The molecule has 0 unspecified atom stereocenters. The van der Waals surface area contributed by atoms with Gasteiger partial charge in [0.1, 0.15) is 0 Å². The molecule has 0 heterocycles. The first-order valence-corrected chi connectivity index (χ1v) is 16.7. The van der Waals surface area contributed by atoms with Crippen LogP contribution in [-0.2, 0) is 0 Å². The third-order valence-corrected chi connectivity index (χ3v) is 13.6. The zero-order valence-corrected chi connectivity index (χ0v) is 12.8. The van der Waals surface area contributed by atoms with Gasteiger partial charge in [-0.15, -0.1) is 0 Å². The molecule has 0 N–H and O–H groups in total. The van der Waals surface area contributed by atoms with Crippen molar-refractivity contribution in [3.8, 4) is 0 Å². The molecule has 4 saturated carbocycles. The van der Waals surface area contributed by atoms with E-state index in [0.29, 0.717) is 0 Å². The van der Waals surface area contributed by atoms with Crippen LogP contribution < -0.4 is 0 Å². The van der Waals surface area contributed by atoms with E-state index in [2.05, 4.69) is 14.8 Å². The molecule has 4 fully saturated rings. The van der Waals surface area contributed by atoms with Crippen molar-refractivity contribution in [1.82, 2.24) is 0 Å². The molecule has 0 amide bonds. The van der Waals surface area contributed by atoms with Gasteiger partial charge in [-0.1, -0.05) is 0 Å². The summed E-state index contributed by atoms with van der Waals surface area (Å²) in [4.78, 5) is 8.05. The van der Waals surface area contributed by atoms with Crippen LogP contribution in [0, 0.1) is 23.7 Å². The molecule has 0 nitrogen and oxygen atoms in total. The Labute approximate surface area is 92.7 Å². The number of rotatable bonds is 1. The number of hydrogen-bond donors (Lipinski definition) is 0. The summed E-state index contributed by atoms with van der Waals surface area (Å²) < 4.78 is 1.26. The second-order valence-corrected chi connectivity index (χ2v) is 22.7. The second kappa shape index (κ2) is 3.15. The van der Waals surface area contributed by atoms with E-state index in [-0.39, 0.29) is 0 Å². The van der Waals surface area contributed by atoms with E-state index in [1.807, 2.05) is 0 Å². The van der Waals surface area contributed by atoms with Gasteiger partial charge in [-0.05, 0) is 0 Å². The van der Waals surface area contributed by atoms with E-state index in [9.17, 15) is 0 Å². The van der Waals surface area contributed by atoms with E-state index in [1.54, 1.807) is 32.1 Å². The molecule has 4 aliphatic carbocycles. The fourth-order valence-electron chi connectivity index (χ4n) is 5.34. The van der Waals surface area contributed by atoms with Crippen LogP contribution in [0.3, 0.4) is 0 Å². The van der Waals surface area contributed by atoms with Crippen LogP contribution in [0.4, 0.5) is 0 Å². The van der Waals surface area contributed by atoms with E-state index >= 15 is 0 Å². The predicted octanol–water partition coefficient (Wildman–Crippen LogP) is 4.15. The monoisotopic (exact) mass is 300 g/mol. The molecule has 0 spiro atoms. The zero-order chi connectivity index (χ0) is 9.92. The van der Waals surface area contributed by atoms with Crippen LogP contribution in [0.1, 0.15) is 32.1 Å². The Morgan fingerprint density at radius 3 is 1.50 bits per heavy atom. The van der Waals surface area contributed by atoms with E-state index in [0.717, 1.165) is 0 Å². The summed E-state index contributed by atoms with van der Waals surface area (Å²) in [6.45, 7) is 0. The summed E-state index contributed by atoms with van der Waals surface area (Å²) in [5.41, 5.74) is 0. The van der Waals surface area contributed by atoms with Gasteiger partial charge in [0.05, 0.1) is 0 Å². The SMILES string of the molecule is [CH3][Sn]([CH3])([CH3])[CH]1C2CC3CC(C2)CC1C3. The molecule has 0 radical (unpaired) electrons. The van der Waals surface area contributed by atoms with Gasteiger partial charge in [-0.25, -0.2) is 0 Å². The Morgan fingerprint density at radius 2 is 1.14 bits per heavy atom. The fourth-order valence-corrected chi connectivity index (χ4v) is 15.0. The average Bonchev–Trinajstić information content (AvgIpc) is 1.97. The molecule has 0 aromatic rings. The summed E-state index contributed by atoms with van der Waals surface area (Å²) in [6, 6.07) is 0. The van der Waals surface area contributed by atoms with Crippen molar-refractivity contribution in [1.29, 1.82) is 0 Å². The molecule has 4 bridgehead atoms. The summed E-state index contributed by atoms with van der Waals surface area (Å²) in [7, 11) is 0. The van der Waals surface area contributed by atoms with Crippen LogP contribution in [0.15, 0.2) is 0 Å². The molecule has 80 valence electrons. The first kappa shape index (κ1) is 9.99. The van der Waals surface area contributed by atoms with Crippen LogP contribution >= 0.6 is 0 Å². The predicted molar refractivity (Wildman–Crippen MR) is 64.1 cm³/mol. The minimum absolute atomic E-state index is 1.17. The fraction of sp³-hybridized carbons (Fsp3) is 1.00. The van der Waals surface area contributed by atoms with Crippen LogP contribution in [-0.4, -0.2) is 18.4 Å². The van der Waals surface area contributed by atoms with Crippen LogP contribution in [0.25, 0.3) is 0 Å². The second-order valence-electron chi connectivity index (χ2n) is 7.32. The Balaban J connectivity index is 1.88. The van der Waals surface area contributed by atoms with Gasteiger partial charge < -0.3 is 0 Å². The van der Waals surface area contributed by atoms with E-state index < -0.39 is 18.4 Å². The molecule has 4 rings (SSSR count). The number of hydrogen-bond acceptors (Lipinski definition) is 0. The van der Waals surface area contributed by atoms with Crippen molar-refractivity contribution in [2.24, 2.45) is 23.7 Å². The van der Waals surface area contributed by atoms with Crippen molar-refractivity contribution >= 4 is 18.4 Å². The quantitative estimate of drug-likeness (QED) is 0.638. The molecule has 4 aliphatic rings. The Bertz CT molecular complexity index is 210. The van der Waals surface area contributed by atoms with Gasteiger partial charge in [0, 0.05) is 0 Å². The molecule has 0 aromatic carbocycles. The van der Waals surface area contributed by atoms with Gasteiger partial charge in [0.15, 0.2) is 0 Å². The standard InChI is InChI=1S/C10H15.3CH3.Sn/c1-7-2-9-4-8(1)5-10(3-7)6-9;;;;/h1,7-10H,2-6H2;3*1H3;. The normalized spacial score (nSPS) is 51.2. The van der Waals surface area contributed by atoms with Gasteiger partial charge >= 0.3 is 92.9 Å². The zero-order valence-electron chi connectivity index (χ0n) is 9.92. The Hall–Kier alpha value is 0.799. The first-order chi connectivity index (χ1) is 6.54. The summed E-state index contributed by atoms with van der Waals surface area (Å²) in [5.74, 6) is 4.73. The maximum atomic E-state index is 2.68. The van der Waals surface area contributed by atoms with Gasteiger partial charge in [0.2, 0.25) is 0 Å². The van der Waals surface area contributed by atoms with E-state index in [1.165, 1.54) is 27.6 Å². The Morgan fingerprint density at radius 1 is 0.714 bits per heavy atom. The average molecular weight is 299 g/mol. The van der Waals surface area contributed by atoms with Gasteiger partial charge in [-0.2, -0.15) is 0 Å². The molecule has 0 saturated heterocycles. The molecule has 0 atom stereocenters. The van der Waals surface area contributed by atoms with Crippen LogP contribution in [0.2, 0.25) is 18.8 Å². The van der Waals surface area contributed by atoms with Crippen molar-refractivity contribution in [2.45, 2.75) is 50.9 Å². The molecule has 14 heavy (non-hydrogen) atoms. The van der Waals surface area contributed by atoms with Crippen LogP contribution in [0.5, 0.6) is 0 Å². The summed E-state index contributed by atoms with van der Waals surface area (Å²) in [5, 5.41) is 0. The molecule has 1 heteroatoms. The Kier molecular flexibility index (Phi) is 2.24. The van der Waals surface area contributed by atoms with E-state index in [4.69, 9.17) is 0 Å². The van der Waals surface area contributed by atoms with Crippen molar-refractivity contribution in [3.63, 3.8) is 0 Å². The first-order valence-electron chi connectivity index (χ1n) is 6.54. The van der Waals surface area contributed by atoms with Crippen molar-refractivity contribution in [2.75, 3.05) is 0 Å². The van der Waals surface area contributed by atoms with Crippen molar-refractivity contribution in [3.05, 3.63) is 0 Å². The minimum atomic E-state index is -1.60. The van der Waals surface area contributed by atoms with Crippen molar-refractivity contribution < 1.29 is 0 Å². The summed E-state index contributed by atoms with van der Waals surface area (Å²) >= 11 is -1.60.